The van der Waals surface area contributed by atoms with Crippen LogP contribution in [0.15, 0.2) is 24.3 Å². The first kappa shape index (κ1) is 21.3. The third-order valence-corrected chi connectivity index (χ3v) is 3.71. The molecular weight excluding hydrogens is 390 g/mol. The summed E-state index contributed by atoms with van der Waals surface area (Å²) >= 11 is 3.37. The van der Waals surface area contributed by atoms with Crippen molar-refractivity contribution in [2.45, 2.75) is 51.7 Å². The van der Waals surface area contributed by atoms with Crippen LogP contribution in [0.4, 0.5) is 4.79 Å². The lowest BCUT2D eigenvalue weighted by molar-refractivity contribution is -0.139. The number of hydrogen-bond acceptors (Lipinski definition) is 4. The van der Waals surface area contributed by atoms with Crippen molar-refractivity contribution in [2.75, 3.05) is 11.9 Å². The highest BCUT2D eigenvalue weighted by Crippen LogP contribution is 2.15. The molecule has 0 fully saturated rings. The van der Waals surface area contributed by atoms with E-state index in [0.29, 0.717) is 6.61 Å². The average molecular weight is 416 g/mol. The van der Waals surface area contributed by atoms with Crippen LogP contribution >= 0.6 is 15.9 Å². The number of carboxylic acids is 1. The van der Waals surface area contributed by atoms with Crippen LogP contribution in [0.1, 0.15) is 39.2 Å². The van der Waals surface area contributed by atoms with Crippen LogP contribution in [-0.2, 0) is 16.0 Å². The molecule has 0 aliphatic heterocycles. The zero-order chi connectivity index (χ0) is 18.9. The molecule has 0 aromatic heterocycles. The van der Waals surface area contributed by atoms with Crippen molar-refractivity contribution >= 4 is 28.0 Å². The fraction of sp³-hybridized carbons (Fsp3) is 0.556. The van der Waals surface area contributed by atoms with Gasteiger partial charge in [-0.15, -0.1) is 0 Å². The molecule has 0 spiro atoms. The van der Waals surface area contributed by atoms with Gasteiger partial charge >= 0.3 is 12.1 Å². The summed E-state index contributed by atoms with van der Waals surface area (Å²) in [5.41, 5.74) is 0.109. The van der Waals surface area contributed by atoms with Gasteiger partial charge in [0.05, 0.1) is 6.61 Å². The number of alkyl carbamates (subject to hydrolysis) is 1. The number of hydrogen-bond donors (Lipinski definition) is 2. The smallest absolute Gasteiger partial charge is 0.408 e. The van der Waals surface area contributed by atoms with Gasteiger partial charge in [0.2, 0.25) is 0 Å². The minimum Gasteiger partial charge on any atom is -0.494 e. The van der Waals surface area contributed by atoms with Gasteiger partial charge in [-0.3, -0.25) is 0 Å². The van der Waals surface area contributed by atoms with Gasteiger partial charge in [0.15, 0.2) is 0 Å². The number of rotatable bonds is 9. The van der Waals surface area contributed by atoms with E-state index in [1.165, 1.54) is 0 Å². The lowest BCUT2D eigenvalue weighted by Crippen LogP contribution is -2.44. The summed E-state index contributed by atoms with van der Waals surface area (Å²) in [6.07, 6.45) is 1.44. The molecule has 1 aromatic rings. The molecule has 0 aliphatic rings. The number of carbonyl (C=O) groups excluding carboxylic acids is 1. The van der Waals surface area contributed by atoms with Gasteiger partial charge in [0.1, 0.15) is 17.4 Å². The molecule has 0 bridgehead atoms. The van der Waals surface area contributed by atoms with E-state index in [1.807, 2.05) is 0 Å². The van der Waals surface area contributed by atoms with Crippen molar-refractivity contribution in [3.8, 4) is 5.75 Å². The van der Waals surface area contributed by atoms with Crippen molar-refractivity contribution < 1.29 is 24.2 Å². The SMILES string of the molecule is CC(C)(C)OC(=O)NC(Cc1ccc(OCCCCBr)cc1)C(=O)O. The van der Waals surface area contributed by atoms with Crippen LogP contribution in [-0.4, -0.2) is 40.7 Å². The summed E-state index contributed by atoms with van der Waals surface area (Å²) in [5, 5.41) is 12.6. The summed E-state index contributed by atoms with van der Waals surface area (Å²) in [6.45, 7) is 5.81. The molecule has 1 atom stereocenters. The Kier molecular flexibility index (Phi) is 8.75. The fourth-order valence-electron chi connectivity index (χ4n) is 1.99. The number of ether oxygens (including phenoxy) is 2. The summed E-state index contributed by atoms with van der Waals surface area (Å²) < 4.78 is 10.7. The first-order valence-corrected chi connectivity index (χ1v) is 9.33. The van der Waals surface area contributed by atoms with Crippen LogP contribution in [0.2, 0.25) is 0 Å². The average Bonchev–Trinajstić information content (AvgIpc) is 2.50. The van der Waals surface area contributed by atoms with E-state index in [9.17, 15) is 14.7 Å². The Hall–Kier alpha value is -1.76. The molecule has 25 heavy (non-hydrogen) atoms. The third-order valence-electron chi connectivity index (χ3n) is 3.15. The standard InChI is InChI=1S/C18H26BrNO5/c1-18(2,3)25-17(23)20-15(16(21)22)12-13-6-8-14(9-7-13)24-11-5-4-10-19/h6-9,15H,4-5,10-12H2,1-3H3,(H,20,23)(H,21,22). The summed E-state index contributed by atoms with van der Waals surface area (Å²) in [4.78, 5) is 23.1. The monoisotopic (exact) mass is 415 g/mol. The highest BCUT2D eigenvalue weighted by molar-refractivity contribution is 9.09. The highest BCUT2D eigenvalue weighted by atomic mass is 79.9. The van der Waals surface area contributed by atoms with Crippen molar-refractivity contribution in [1.29, 1.82) is 0 Å². The second-order valence-electron chi connectivity index (χ2n) is 6.63. The molecule has 2 N–H and O–H groups in total. The number of carboxylic acid groups (broad SMARTS) is 1. The quantitative estimate of drug-likeness (QED) is 0.473. The molecule has 7 heteroatoms. The Labute approximate surface area is 157 Å². The molecular formula is C18H26BrNO5. The first-order valence-electron chi connectivity index (χ1n) is 8.21. The summed E-state index contributed by atoms with van der Waals surface area (Å²) in [6, 6.07) is 6.14. The molecule has 0 saturated carbocycles. The Morgan fingerprint density at radius 3 is 2.36 bits per heavy atom. The molecule has 0 aliphatic carbocycles. The second kappa shape index (κ2) is 10.3. The largest absolute Gasteiger partial charge is 0.494 e. The predicted octanol–water partition coefficient (Wildman–Crippen LogP) is 3.76. The lowest BCUT2D eigenvalue weighted by atomic mass is 10.1. The maximum absolute atomic E-state index is 11.8. The highest BCUT2D eigenvalue weighted by Gasteiger charge is 2.24. The maximum Gasteiger partial charge on any atom is 0.408 e. The van der Waals surface area contributed by atoms with Crippen LogP contribution in [0.5, 0.6) is 5.75 Å². The predicted molar refractivity (Wildman–Crippen MR) is 99.5 cm³/mol. The van der Waals surface area contributed by atoms with Crippen molar-refractivity contribution in [3.05, 3.63) is 29.8 Å². The van der Waals surface area contributed by atoms with Gasteiger partial charge in [-0.1, -0.05) is 28.1 Å². The number of amides is 1. The normalized spacial score (nSPS) is 12.3. The molecule has 0 saturated heterocycles. The molecule has 0 radical (unpaired) electrons. The zero-order valence-corrected chi connectivity index (χ0v) is 16.5. The molecule has 1 aromatic carbocycles. The topological polar surface area (TPSA) is 84.9 Å². The Morgan fingerprint density at radius 1 is 1.20 bits per heavy atom. The van der Waals surface area contributed by atoms with E-state index in [1.54, 1.807) is 45.0 Å². The summed E-state index contributed by atoms with van der Waals surface area (Å²) in [7, 11) is 0. The van der Waals surface area contributed by atoms with Crippen LogP contribution in [0, 0.1) is 0 Å². The molecule has 1 unspecified atom stereocenters. The van der Waals surface area contributed by atoms with E-state index in [2.05, 4.69) is 21.2 Å². The van der Waals surface area contributed by atoms with E-state index in [-0.39, 0.29) is 6.42 Å². The Bertz CT molecular complexity index is 554. The Morgan fingerprint density at radius 2 is 1.84 bits per heavy atom. The van der Waals surface area contributed by atoms with E-state index in [0.717, 1.165) is 29.5 Å². The molecule has 1 amide bonds. The fourth-order valence-corrected chi connectivity index (χ4v) is 2.39. The number of unbranched alkanes of at least 4 members (excludes halogenated alkanes) is 1. The second-order valence-corrected chi connectivity index (χ2v) is 7.42. The molecule has 140 valence electrons. The maximum atomic E-state index is 11.8. The summed E-state index contributed by atoms with van der Waals surface area (Å²) in [5.74, 6) is -0.369. The van der Waals surface area contributed by atoms with Crippen molar-refractivity contribution in [1.82, 2.24) is 5.32 Å². The van der Waals surface area contributed by atoms with Gasteiger partial charge in [0, 0.05) is 11.8 Å². The van der Waals surface area contributed by atoms with Gasteiger partial charge in [-0.2, -0.15) is 0 Å². The molecule has 0 heterocycles. The number of halogens is 1. The molecule has 1 rings (SSSR count). The van der Waals surface area contributed by atoms with Gasteiger partial charge in [-0.05, 0) is 51.3 Å². The minimum atomic E-state index is -1.11. The zero-order valence-electron chi connectivity index (χ0n) is 14.9. The van der Waals surface area contributed by atoms with Crippen LogP contribution in [0.25, 0.3) is 0 Å². The van der Waals surface area contributed by atoms with Gasteiger partial charge in [0.25, 0.3) is 0 Å². The number of aliphatic carboxylic acids is 1. The van der Waals surface area contributed by atoms with Gasteiger partial charge < -0.3 is 19.9 Å². The number of nitrogens with one attached hydrogen (secondary N) is 1. The number of alkyl halides is 1. The van der Waals surface area contributed by atoms with Crippen molar-refractivity contribution in [3.63, 3.8) is 0 Å². The molecule has 6 nitrogen and oxygen atoms in total. The van der Waals surface area contributed by atoms with Crippen LogP contribution in [0.3, 0.4) is 0 Å². The lowest BCUT2D eigenvalue weighted by Gasteiger charge is -2.22. The minimum absolute atomic E-state index is 0.165. The van der Waals surface area contributed by atoms with E-state index < -0.39 is 23.7 Å². The first-order chi connectivity index (χ1) is 11.7. The third kappa shape index (κ3) is 9.34. The van der Waals surface area contributed by atoms with Gasteiger partial charge in [-0.25, -0.2) is 9.59 Å². The van der Waals surface area contributed by atoms with E-state index >= 15 is 0 Å². The Balaban J connectivity index is 2.57. The number of benzene rings is 1. The van der Waals surface area contributed by atoms with Crippen LogP contribution < -0.4 is 10.1 Å². The van der Waals surface area contributed by atoms with Crippen molar-refractivity contribution in [2.24, 2.45) is 0 Å². The van der Waals surface area contributed by atoms with E-state index in [4.69, 9.17) is 9.47 Å². The number of carbonyl (C=O) groups is 2.